The number of rotatable bonds is 6. The highest BCUT2D eigenvalue weighted by molar-refractivity contribution is 7.90. The summed E-state index contributed by atoms with van der Waals surface area (Å²) in [5.74, 6) is -0.492. The Kier molecular flexibility index (Phi) is 5.78. The SMILES string of the molecule is CCOCCn1/c(=N/S(=O)(=O)c2ccc(F)cc2)sc2c(C)cc(C)cc21. The van der Waals surface area contributed by atoms with E-state index in [4.69, 9.17) is 4.74 Å². The summed E-state index contributed by atoms with van der Waals surface area (Å²) >= 11 is 1.33. The number of thiazole rings is 1. The molecule has 0 radical (unpaired) electrons. The van der Waals surface area contributed by atoms with E-state index in [1.807, 2.05) is 31.4 Å². The number of nitrogens with zero attached hydrogens (tertiary/aromatic N) is 2. The van der Waals surface area contributed by atoms with Gasteiger partial charge in [0, 0.05) is 13.2 Å². The van der Waals surface area contributed by atoms with Crippen molar-refractivity contribution in [3.63, 3.8) is 0 Å². The van der Waals surface area contributed by atoms with E-state index in [1.165, 1.54) is 23.5 Å². The van der Waals surface area contributed by atoms with Crippen LogP contribution in [0.1, 0.15) is 18.1 Å². The van der Waals surface area contributed by atoms with Crippen LogP contribution in [0.5, 0.6) is 0 Å². The maximum absolute atomic E-state index is 13.1. The summed E-state index contributed by atoms with van der Waals surface area (Å²) in [5.41, 5.74) is 3.10. The van der Waals surface area contributed by atoms with Gasteiger partial charge >= 0.3 is 0 Å². The Labute approximate surface area is 161 Å². The highest BCUT2D eigenvalue weighted by Gasteiger charge is 2.16. The Morgan fingerprint density at radius 1 is 1.19 bits per heavy atom. The van der Waals surface area contributed by atoms with Crippen LogP contribution in [0.4, 0.5) is 4.39 Å². The molecule has 0 atom stereocenters. The first kappa shape index (κ1) is 19.7. The highest BCUT2D eigenvalue weighted by atomic mass is 32.2. The van der Waals surface area contributed by atoms with Crippen LogP contribution in [-0.2, 0) is 21.3 Å². The molecule has 8 heteroatoms. The van der Waals surface area contributed by atoms with Gasteiger partial charge in [-0.25, -0.2) is 4.39 Å². The topological polar surface area (TPSA) is 60.7 Å². The molecule has 3 rings (SSSR count). The minimum absolute atomic E-state index is 0.0365. The Balaban J connectivity index is 2.19. The highest BCUT2D eigenvalue weighted by Crippen LogP contribution is 2.24. The van der Waals surface area contributed by atoms with Crippen LogP contribution in [-0.4, -0.2) is 26.2 Å². The van der Waals surface area contributed by atoms with Gasteiger partial charge in [0.15, 0.2) is 0 Å². The molecule has 0 saturated heterocycles. The molecule has 0 fully saturated rings. The van der Waals surface area contributed by atoms with Crippen LogP contribution in [0, 0.1) is 19.7 Å². The summed E-state index contributed by atoms with van der Waals surface area (Å²) in [6.07, 6.45) is 0. The molecule has 2 aromatic carbocycles. The van der Waals surface area contributed by atoms with Crippen molar-refractivity contribution in [2.75, 3.05) is 13.2 Å². The molecule has 0 amide bonds. The van der Waals surface area contributed by atoms with Crippen molar-refractivity contribution in [2.45, 2.75) is 32.2 Å². The zero-order valence-electron chi connectivity index (χ0n) is 15.4. The number of aromatic nitrogens is 1. The zero-order chi connectivity index (χ0) is 19.6. The predicted octanol–water partition coefficient (Wildman–Crippen LogP) is 3.78. The molecule has 5 nitrogen and oxygen atoms in total. The van der Waals surface area contributed by atoms with Crippen LogP contribution in [0.2, 0.25) is 0 Å². The van der Waals surface area contributed by atoms with Gasteiger partial charge in [0.05, 0.1) is 21.7 Å². The van der Waals surface area contributed by atoms with Gasteiger partial charge in [-0.2, -0.15) is 8.42 Å². The fourth-order valence-electron chi connectivity index (χ4n) is 2.86. The van der Waals surface area contributed by atoms with Crippen molar-refractivity contribution in [3.05, 3.63) is 58.1 Å². The maximum atomic E-state index is 13.1. The molecule has 0 aliphatic rings. The molecule has 0 N–H and O–H groups in total. The van der Waals surface area contributed by atoms with Crippen LogP contribution in [0.15, 0.2) is 45.7 Å². The van der Waals surface area contributed by atoms with Crippen molar-refractivity contribution >= 4 is 31.6 Å². The number of sulfonamides is 1. The normalized spacial score (nSPS) is 12.8. The van der Waals surface area contributed by atoms with Crippen molar-refractivity contribution in [1.82, 2.24) is 4.57 Å². The van der Waals surface area contributed by atoms with Crippen molar-refractivity contribution in [3.8, 4) is 0 Å². The van der Waals surface area contributed by atoms with Crippen LogP contribution >= 0.6 is 11.3 Å². The Morgan fingerprint density at radius 2 is 1.89 bits per heavy atom. The maximum Gasteiger partial charge on any atom is 0.285 e. The summed E-state index contributed by atoms with van der Waals surface area (Å²) in [6.45, 7) is 7.45. The second-order valence-electron chi connectivity index (χ2n) is 6.18. The molecular weight excluding hydrogens is 387 g/mol. The molecule has 0 spiro atoms. The van der Waals surface area contributed by atoms with E-state index >= 15 is 0 Å². The second kappa shape index (κ2) is 7.92. The largest absolute Gasteiger partial charge is 0.380 e. The van der Waals surface area contributed by atoms with Gasteiger partial charge in [0.1, 0.15) is 5.82 Å². The van der Waals surface area contributed by atoms with Gasteiger partial charge in [-0.1, -0.05) is 17.4 Å². The van der Waals surface area contributed by atoms with E-state index in [2.05, 4.69) is 10.5 Å². The summed E-state index contributed by atoms with van der Waals surface area (Å²) in [6, 6.07) is 8.76. The number of hydrogen-bond donors (Lipinski definition) is 0. The molecule has 1 heterocycles. The molecule has 0 unspecified atom stereocenters. The first-order chi connectivity index (χ1) is 12.8. The van der Waals surface area contributed by atoms with Gasteiger partial charge in [-0.3, -0.25) is 0 Å². The fourth-order valence-corrected chi connectivity index (χ4v) is 5.17. The second-order valence-corrected chi connectivity index (χ2v) is 8.77. The van der Waals surface area contributed by atoms with Gasteiger partial charge in [-0.15, -0.1) is 4.40 Å². The summed E-state index contributed by atoms with van der Waals surface area (Å²) in [7, 11) is -3.95. The van der Waals surface area contributed by atoms with Crippen molar-refractivity contribution in [1.29, 1.82) is 0 Å². The first-order valence-corrected chi connectivity index (χ1v) is 10.8. The smallest absolute Gasteiger partial charge is 0.285 e. The molecule has 3 aromatic rings. The number of halogens is 1. The number of aryl methyl sites for hydroxylation is 2. The number of ether oxygens (including phenoxy) is 1. The van der Waals surface area contributed by atoms with E-state index in [9.17, 15) is 12.8 Å². The molecular formula is C19H21FN2O3S2. The lowest BCUT2D eigenvalue weighted by atomic mass is 10.1. The monoisotopic (exact) mass is 408 g/mol. The number of hydrogen-bond acceptors (Lipinski definition) is 4. The minimum Gasteiger partial charge on any atom is -0.380 e. The molecule has 0 bridgehead atoms. The third-order valence-corrected chi connectivity index (χ3v) is 6.71. The first-order valence-electron chi connectivity index (χ1n) is 8.56. The molecule has 1 aromatic heterocycles. The zero-order valence-corrected chi connectivity index (χ0v) is 17.0. The number of fused-ring (bicyclic) bond motifs is 1. The summed E-state index contributed by atoms with van der Waals surface area (Å²) < 4.78 is 50.9. The lowest BCUT2D eigenvalue weighted by molar-refractivity contribution is 0.139. The molecule has 0 aliphatic carbocycles. The number of benzene rings is 2. The molecule has 0 aliphatic heterocycles. The fraction of sp³-hybridized carbons (Fsp3) is 0.316. The average Bonchev–Trinajstić information content (AvgIpc) is 2.93. The van der Waals surface area contributed by atoms with E-state index < -0.39 is 15.8 Å². The van der Waals surface area contributed by atoms with Crippen molar-refractivity contribution in [2.24, 2.45) is 4.40 Å². The van der Waals surface area contributed by atoms with Crippen LogP contribution in [0.25, 0.3) is 10.2 Å². The van der Waals surface area contributed by atoms with Gasteiger partial charge in [0.25, 0.3) is 10.0 Å². The molecule has 27 heavy (non-hydrogen) atoms. The van der Waals surface area contributed by atoms with E-state index in [-0.39, 0.29) is 4.90 Å². The quantitative estimate of drug-likeness (QED) is 0.583. The standard InChI is InChI=1S/C19H21FN2O3S2/c1-4-25-10-9-22-17-12-13(2)11-14(3)18(17)26-19(22)21-27(23,24)16-7-5-15(20)6-8-16/h5-8,11-12H,4,9-10H2,1-3H3/b21-19-. The van der Waals surface area contributed by atoms with Gasteiger partial charge in [-0.05, 0) is 62.2 Å². The Hall–Kier alpha value is -2.03. The summed E-state index contributed by atoms with van der Waals surface area (Å²) in [4.78, 5) is 0.341. The lowest BCUT2D eigenvalue weighted by Gasteiger charge is -2.07. The van der Waals surface area contributed by atoms with E-state index in [1.54, 1.807) is 0 Å². The third-order valence-electron chi connectivity index (χ3n) is 4.09. The lowest BCUT2D eigenvalue weighted by Crippen LogP contribution is -2.20. The Bertz CT molecular complexity index is 1130. The van der Waals surface area contributed by atoms with E-state index in [0.29, 0.717) is 24.6 Å². The molecule has 0 saturated carbocycles. The van der Waals surface area contributed by atoms with E-state index in [0.717, 1.165) is 33.5 Å². The van der Waals surface area contributed by atoms with Crippen LogP contribution < -0.4 is 4.80 Å². The van der Waals surface area contributed by atoms with Crippen molar-refractivity contribution < 1.29 is 17.5 Å². The minimum atomic E-state index is -3.95. The molecule has 144 valence electrons. The summed E-state index contributed by atoms with van der Waals surface area (Å²) in [5, 5.41) is 0. The third kappa shape index (κ3) is 4.28. The average molecular weight is 409 g/mol. The van der Waals surface area contributed by atoms with Crippen LogP contribution in [0.3, 0.4) is 0 Å². The van der Waals surface area contributed by atoms with Gasteiger partial charge in [0.2, 0.25) is 4.80 Å². The Morgan fingerprint density at radius 3 is 2.56 bits per heavy atom. The van der Waals surface area contributed by atoms with Gasteiger partial charge < -0.3 is 9.30 Å². The predicted molar refractivity (Wildman–Crippen MR) is 105 cm³/mol.